The van der Waals surface area contributed by atoms with Gasteiger partial charge in [0.1, 0.15) is 0 Å². The second-order valence-electron chi connectivity index (χ2n) is 4.64. The maximum Gasteiger partial charge on any atom is 0.0176 e. The molecule has 108 valence electrons. The number of nitrogens with one attached hydrogen (secondary N) is 1. The second-order valence-corrected chi connectivity index (χ2v) is 7.68. The lowest BCUT2D eigenvalue weighted by Crippen LogP contribution is -2.31. The molecule has 0 amide bonds. The van der Waals surface area contributed by atoms with Crippen molar-refractivity contribution >= 4 is 39.0 Å². The molecule has 1 aromatic carbocycles. The standard InChI is InChI=1S/C16H20BrNS2/c1-2-18-14(7-10-15-4-3-11-19-15)12-20-16-8-5-13(17)6-9-16/h3-6,8-9,11,14,18H,2,7,10,12H2,1H3. The molecule has 0 aliphatic carbocycles. The monoisotopic (exact) mass is 369 g/mol. The highest BCUT2D eigenvalue weighted by Gasteiger charge is 2.09. The molecule has 0 aliphatic heterocycles. The van der Waals surface area contributed by atoms with Gasteiger partial charge in [0.05, 0.1) is 0 Å². The fourth-order valence-electron chi connectivity index (χ4n) is 2.03. The van der Waals surface area contributed by atoms with Crippen LogP contribution in [0.5, 0.6) is 0 Å². The molecule has 1 heterocycles. The summed E-state index contributed by atoms with van der Waals surface area (Å²) in [5.74, 6) is 1.13. The van der Waals surface area contributed by atoms with E-state index in [1.165, 1.54) is 22.6 Å². The van der Waals surface area contributed by atoms with Gasteiger partial charge in [0.15, 0.2) is 0 Å². The second kappa shape index (κ2) is 8.88. The smallest absolute Gasteiger partial charge is 0.0176 e. The molecule has 0 bridgehead atoms. The fourth-order valence-corrected chi connectivity index (χ4v) is 4.03. The lowest BCUT2D eigenvalue weighted by molar-refractivity contribution is 0.539. The van der Waals surface area contributed by atoms with Gasteiger partial charge in [-0.3, -0.25) is 0 Å². The Morgan fingerprint density at radius 1 is 1.25 bits per heavy atom. The van der Waals surface area contributed by atoms with Crippen LogP contribution in [0.2, 0.25) is 0 Å². The van der Waals surface area contributed by atoms with Gasteiger partial charge < -0.3 is 5.32 Å². The summed E-state index contributed by atoms with van der Waals surface area (Å²) in [6, 6.07) is 13.5. The first-order valence-electron chi connectivity index (χ1n) is 6.92. The lowest BCUT2D eigenvalue weighted by Gasteiger charge is -2.17. The number of hydrogen-bond donors (Lipinski definition) is 1. The number of halogens is 1. The molecular weight excluding hydrogens is 350 g/mol. The van der Waals surface area contributed by atoms with Crippen molar-refractivity contribution in [1.82, 2.24) is 5.32 Å². The van der Waals surface area contributed by atoms with Crippen LogP contribution in [0, 0.1) is 0 Å². The lowest BCUT2D eigenvalue weighted by atomic mass is 10.1. The molecule has 1 N–H and O–H groups in total. The van der Waals surface area contributed by atoms with Gasteiger partial charge in [0, 0.05) is 26.0 Å². The molecule has 0 spiro atoms. The third-order valence-corrected chi connectivity index (χ3v) is 5.72. The first-order chi connectivity index (χ1) is 9.78. The van der Waals surface area contributed by atoms with Crippen LogP contribution >= 0.6 is 39.0 Å². The Labute approximate surface area is 138 Å². The quantitative estimate of drug-likeness (QED) is 0.640. The number of thiophene rings is 1. The summed E-state index contributed by atoms with van der Waals surface area (Å²) in [5.41, 5.74) is 0. The van der Waals surface area contributed by atoms with E-state index in [0.717, 1.165) is 16.8 Å². The van der Waals surface area contributed by atoms with Crippen LogP contribution in [0.15, 0.2) is 51.1 Å². The van der Waals surface area contributed by atoms with Gasteiger partial charge >= 0.3 is 0 Å². The highest BCUT2D eigenvalue weighted by Crippen LogP contribution is 2.22. The van der Waals surface area contributed by atoms with Crippen LogP contribution in [0.3, 0.4) is 0 Å². The highest BCUT2D eigenvalue weighted by atomic mass is 79.9. The van der Waals surface area contributed by atoms with Crippen LogP contribution < -0.4 is 5.32 Å². The molecule has 20 heavy (non-hydrogen) atoms. The molecule has 0 radical (unpaired) electrons. The largest absolute Gasteiger partial charge is 0.313 e. The van der Waals surface area contributed by atoms with Crippen molar-refractivity contribution in [3.8, 4) is 0 Å². The predicted molar refractivity (Wildman–Crippen MR) is 95.0 cm³/mol. The third kappa shape index (κ3) is 5.60. The molecule has 0 aliphatic rings. The van der Waals surface area contributed by atoms with E-state index < -0.39 is 0 Å². The van der Waals surface area contributed by atoms with Crippen molar-refractivity contribution < 1.29 is 0 Å². The van der Waals surface area contributed by atoms with Crippen LogP contribution in [0.1, 0.15) is 18.2 Å². The van der Waals surface area contributed by atoms with Crippen molar-refractivity contribution in [2.45, 2.75) is 30.7 Å². The summed E-state index contributed by atoms with van der Waals surface area (Å²) < 4.78 is 1.14. The normalized spacial score (nSPS) is 12.5. The van der Waals surface area contributed by atoms with Gasteiger partial charge in [-0.2, -0.15) is 0 Å². The minimum atomic E-state index is 0.579. The molecule has 0 fully saturated rings. The summed E-state index contributed by atoms with van der Waals surface area (Å²) in [6.07, 6.45) is 2.38. The molecule has 1 unspecified atom stereocenters. The van der Waals surface area contributed by atoms with E-state index in [2.05, 4.69) is 69.9 Å². The average molecular weight is 370 g/mol. The SMILES string of the molecule is CCNC(CCc1cccs1)CSc1ccc(Br)cc1. The average Bonchev–Trinajstić information content (AvgIpc) is 2.97. The van der Waals surface area contributed by atoms with Crippen LogP contribution in [0.25, 0.3) is 0 Å². The molecule has 2 aromatic rings. The molecule has 0 saturated heterocycles. The van der Waals surface area contributed by atoms with E-state index in [-0.39, 0.29) is 0 Å². The van der Waals surface area contributed by atoms with Gasteiger partial charge in [0.2, 0.25) is 0 Å². The van der Waals surface area contributed by atoms with Gasteiger partial charge in [-0.05, 0) is 55.1 Å². The Morgan fingerprint density at radius 3 is 2.70 bits per heavy atom. The Kier molecular flexibility index (Phi) is 7.14. The highest BCUT2D eigenvalue weighted by molar-refractivity contribution is 9.10. The zero-order valence-corrected chi connectivity index (χ0v) is 14.9. The van der Waals surface area contributed by atoms with E-state index in [4.69, 9.17) is 0 Å². The minimum Gasteiger partial charge on any atom is -0.313 e. The van der Waals surface area contributed by atoms with Gasteiger partial charge in [-0.25, -0.2) is 0 Å². The van der Waals surface area contributed by atoms with Crippen LogP contribution in [0.4, 0.5) is 0 Å². The molecule has 4 heteroatoms. The number of rotatable bonds is 8. The van der Waals surface area contributed by atoms with Crippen molar-refractivity contribution in [2.75, 3.05) is 12.3 Å². The molecule has 1 aromatic heterocycles. The third-order valence-electron chi connectivity index (χ3n) is 3.08. The molecule has 0 saturated carbocycles. The van der Waals surface area contributed by atoms with E-state index >= 15 is 0 Å². The Hall–Kier alpha value is -0.290. The van der Waals surface area contributed by atoms with E-state index in [1.807, 2.05) is 23.1 Å². The van der Waals surface area contributed by atoms with Crippen LogP contribution in [-0.4, -0.2) is 18.3 Å². The Balaban J connectivity index is 1.80. The topological polar surface area (TPSA) is 12.0 Å². The van der Waals surface area contributed by atoms with Crippen molar-refractivity contribution in [3.05, 3.63) is 51.1 Å². The van der Waals surface area contributed by atoms with Crippen molar-refractivity contribution in [1.29, 1.82) is 0 Å². The van der Waals surface area contributed by atoms with Crippen molar-refractivity contribution in [3.63, 3.8) is 0 Å². The van der Waals surface area contributed by atoms with Crippen LogP contribution in [-0.2, 0) is 6.42 Å². The first kappa shape index (κ1) is 16.1. The van der Waals surface area contributed by atoms with Gasteiger partial charge in [-0.15, -0.1) is 23.1 Å². The van der Waals surface area contributed by atoms with Gasteiger partial charge in [0.25, 0.3) is 0 Å². The summed E-state index contributed by atoms with van der Waals surface area (Å²) in [6.45, 7) is 3.22. The zero-order valence-electron chi connectivity index (χ0n) is 11.6. The maximum atomic E-state index is 3.60. The number of hydrogen-bond acceptors (Lipinski definition) is 3. The Bertz CT molecular complexity index is 482. The van der Waals surface area contributed by atoms with E-state index in [9.17, 15) is 0 Å². The molecule has 1 nitrogen and oxygen atoms in total. The summed E-state index contributed by atoms with van der Waals surface area (Å²) in [5, 5.41) is 5.76. The molecular formula is C16H20BrNS2. The van der Waals surface area contributed by atoms with Gasteiger partial charge in [-0.1, -0.05) is 28.9 Å². The Morgan fingerprint density at radius 2 is 2.05 bits per heavy atom. The molecule has 1 atom stereocenters. The minimum absolute atomic E-state index is 0.579. The summed E-state index contributed by atoms with van der Waals surface area (Å²) >= 11 is 7.27. The fraction of sp³-hybridized carbons (Fsp3) is 0.375. The predicted octanol–water partition coefficient (Wildman–Crippen LogP) is 5.21. The first-order valence-corrected chi connectivity index (χ1v) is 9.58. The van der Waals surface area contributed by atoms with E-state index in [0.29, 0.717) is 6.04 Å². The maximum absolute atomic E-state index is 3.60. The number of benzene rings is 1. The zero-order chi connectivity index (χ0) is 14.2. The number of aryl methyl sites for hydroxylation is 1. The van der Waals surface area contributed by atoms with E-state index in [1.54, 1.807) is 0 Å². The summed E-state index contributed by atoms with van der Waals surface area (Å²) in [7, 11) is 0. The number of thioether (sulfide) groups is 1. The van der Waals surface area contributed by atoms with Crippen molar-refractivity contribution in [2.24, 2.45) is 0 Å². The summed E-state index contributed by atoms with van der Waals surface area (Å²) in [4.78, 5) is 2.83. The molecule has 2 rings (SSSR count).